The van der Waals surface area contributed by atoms with Crippen LogP contribution in [0.1, 0.15) is 0 Å². The standard InChI is InChI=1S/C14H15AsN4O4S2.2Na/c16-14-17-6-5-11(19-14)18-10-3-1-9(2-4-10)15(24-7-12(20)21)25-8-13(22)23;;/h1-6H,7-8H2,(H,20,21)(H,22,23)(H3,16,17,18,19);;/q;2*+1/p-2. The van der Waals surface area contributed by atoms with E-state index in [0.717, 1.165) is 10.0 Å². The minimum absolute atomic E-state index is 0. The zero-order valence-corrected chi connectivity index (χ0v) is 22.3. The van der Waals surface area contributed by atoms with Gasteiger partial charge in [0.05, 0.1) is 0 Å². The molecule has 0 saturated carbocycles. The van der Waals surface area contributed by atoms with Crippen LogP contribution >= 0.6 is 20.0 Å². The normalized spacial score (nSPS) is 9.81. The summed E-state index contributed by atoms with van der Waals surface area (Å²) < 4.78 is 0.928. The number of anilines is 3. The van der Waals surface area contributed by atoms with Gasteiger partial charge in [-0.15, -0.1) is 0 Å². The predicted octanol–water partition coefficient (Wildman–Crippen LogP) is -7.53. The molecule has 2 aromatic rings. The van der Waals surface area contributed by atoms with Gasteiger partial charge in [-0.2, -0.15) is 0 Å². The van der Waals surface area contributed by atoms with Gasteiger partial charge in [0, 0.05) is 0 Å². The van der Waals surface area contributed by atoms with Gasteiger partial charge < -0.3 is 0 Å². The van der Waals surface area contributed by atoms with Crippen molar-refractivity contribution in [2.24, 2.45) is 0 Å². The molecule has 0 aliphatic heterocycles. The van der Waals surface area contributed by atoms with Crippen LogP contribution in [0.5, 0.6) is 0 Å². The Labute approximate surface area is 211 Å². The molecule has 2 rings (SSSR count). The van der Waals surface area contributed by atoms with Crippen molar-refractivity contribution in [1.29, 1.82) is 0 Å². The second-order valence-corrected chi connectivity index (χ2v) is 16.0. The number of nitrogen functional groups attached to an aromatic ring is 1. The number of nitrogens with one attached hydrogen (secondary N) is 1. The van der Waals surface area contributed by atoms with Crippen molar-refractivity contribution in [3.05, 3.63) is 36.5 Å². The van der Waals surface area contributed by atoms with Gasteiger partial charge in [0.1, 0.15) is 0 Å². The molecular weight excluding hydrogens is 473 g/mol. The van der Waals surface area contributed by atoms with Crippen molar-refractivity contribution in [1.82, 2.24) is 9.97 Å². The third-order valence-corrected chi connectivity index (χ3v) is 15.4. The Kier molecular flexibility index (Phi) is 14.2. The molecule has 0 bridgehead atoms. The number of carboxylic acid groups (broad SMARTS) is 2. The first-order valence-electron chi connectivity index (χ1n) is 6.85. The Balaban J connectivity index is 0.00000338. The molecular formula is C14H13AsN4Na2O4S2. The molecule has 27 heavy (non-hydrogen) atoms. The van der Waals surface area contributed by atoms with Crippen LogP contribution in [0, 0.1) is 0 Å². The maximum absolute atomic E-state index is 10.7. The van der Waals surface area contributed by atoms with E-state index >= 15 is 0 Å². The van der Waals surface area contributed by atoms with E-state index in [1.54, 1.807) is 6.07 Å². The number of carbonyl (C=O) groups is 2. The molecule has 0 spiro atoms. The molecule has 1 aromatic carbocycles. The Hall–Kier alpha value is 0.0984. The Morgan fingerprint density at radius 2 is 1.59 bits per heavy atom. The van der Waals surface area contributed by atoms with Gasteiger partial charge >= 0.3 is 214 Å². The quantitative estimate of drug-likeness (QED) is 0.328. The molecule has 132 valence electrons. The Morgan fingerprint density at radius 1 is 1.04 bits per heavy atom. The maximum Gasteiger partial charge on any atom is 1.00 e. The molecule has 0 radical (unpaired) electrons. The second kappa shape index (κ2) is 14.1. The van der Waals surface area contributed by atoms with Crippen molar-refractivity contribution >= 4 is 66.1 Å². The van der Waals surface area contributed by atoms with Crippen LogP contribution in [-0.4, -0.2) is 45.8 Å². The monoisotopic (exact) mass is 486 g/mol. The number of rotatable bonds is 9. The van der Waals surface area contributed by atoms with Crippen LogP contribution in [0.15, 0.2) is 36.5 Å². The first-order valence-corrected chi connectivity index (χ1v) is 14.3. The number of carbonyl (C=O) groups excluding carboxylic acids is 2. The number of nitrogens with zero attached hydrogens (tertiary/aromatic N) is 2. The van der Waals surface area contributed by atoms with Crippen LogP contribution in [0.25, 0.3) is 0 Å². The molecule has 1 heterocycles. The van der Waals surface area contributed by atoms with Crippen molar-refractivity contribution in [3.8, 4) is 0 Å². The van der Waals surface area contributed by atoms with E-state index in [1.807, 2.05) is 24.3 Å². The molecule has 8 nitrogen and oxygen atoms in total. The molecule has 0 amide bonds. The van der Waals surface area contributed by atoms with E-state index in [2.05, 4.69) is 15.3 Å². The first-order chi connectivity index (χ1) is 11.9. The summed E-state index contributed by atoms with van der Waals surface area (Å²) in [6.07, 6.45) is 1.54. The minimum Gasteiger partial charge on any atom is 1.00 e. The number of aromatic nitrogens is 2. The number of hydrogen-bond donors (Lipinski definition) is 2. The maximum atomic E-state index is 10.7. The summed E-state index contributed by atoms with van der Waals surface area (Å²) in [6.45, 7) is 0. The van der Waals surface area contributed by atoms with Gasteiger partial charge in [0.25, 0.3) is 0 Å². The predicted molar refractivity (Wildman–Crippen MR) is 96.5 cm³/mol. The summed E-state index contributed by atoms with van der Waals surface area (Å²) in [5.74, 6) is -1.96. The van der Waals surface area contributed by atoms with E-state index in [0.29, 0.717) is 5.82 Å². The smallest absolute Gasteiger partial charge is 1.00 e. The van der Waals surface area contributed by atoms with Gasteiger partial charge in [-0.05, 0) is 0 Å². The second-order valence-electron chi connectivity index (χ2n) is 4.52. The van der Waals surface area contributed by atoms with Crippen LogP contribution < -0.4 is 84.7 Å². The number of carboxylic acids is 2. The zero-order valence-electron chi connectivity index (χ0n) is 14.7. The largest absolute Gasteiger partial charge is 1.00 e. The molecule has 0 unspecified atom stereocenters. The van der Waals surface area contributed by atoms with Crippen LogP contribution in [0.3, 0.4) is 0 Å². The van der Waals surface area contributed by atoms with Crippen LogP contribution in [0.2, 0.25) is 0 Å². The van der Waals surface area contributed by atoms with Crippen molar-refractivity contribution in [3.63, 3.8) is 0 Å². The average Bonchev–Trinajstić information content (AvgIpc) is 2.55. The summed E-state index contributed by atoms with van der Waals surface area (Å²) in [5, 5.41) is 24.4. The first kappa shape index (κ1) is 27.1. The van der Waals surface area contributed by atoms with Crippen molar-refractivity contribution in [2.45, 2.75) is 0 Å². The molecule has 3 N–H and O–H groups in total. The van der Waals surface area contributed by atoms with E-state index < -0.39 is 24.3 Å². The number of hydrogen-bond acceptors (Lipinski definition) is 10. The van der Waals surface area contributed by atoms with Gasteiger partial charge in [0.15, 0.2) is 0 Å². The average molecular weight is 486 g/mol. The SMILES string of the molecule is Nc1nccc(Nc2ccc([As](SCC(=O)[O-])SCC(=O)[O-])cc2)n1.[Na+].[Na+]. The fourth-order valence-corrected chi connectivity index (χ4v) is 12.5. The third-order valence-electron chi connectivity index (χ3n) is 2.62. The Morgan fingerprint density at radius 3 is 2.07 bits per heavy atom. The molecule has 0 atom stereocenters. The van der Waals surface area contributed by atoms with E-state index in [4.69, 9.17) is 5.73 Å². The van der Waals surface area contributed by atoms with Gasteiger partial charge in [0.2, 0.25) is 0 Å². The molecule has 0 aliphatic carbocycles. The molecule has 0 aliphatic rings. The summed E-state index contributed by atoms with van der Waals surface area (Å²) >= 11 is -1.98. The molecule has 1 aromatic heterocycles. The number of aliphatic carboxylic acids is 2. The molecule has 13 heteroatoms. The Bertz CT molecular complexity index is 740. The fraction of sp³-hybridized carbons (Fsp3) is 0.143. The summed E-state index contributed by atoms with van der Waals surface area (Å²) in [5.41, 5.74) is 6.29. The van der Waals surface area contributed by atoms with Crippen LogP contribution in [0.4, 0.5) is 17.5 Å². The topological polar surface area (TPSA) is 144 Å². The van der Waals surface area contributed by atoms with Gasteiger partial charge in [-0.1, -0.05) is 0 Å². The molecule has 0 fully saturated rings. The minimum atomic E-state index is -1.98. The van der Waals surface area contributed by atoms with Crippen molar-refractivity contribution in [2.75, 3.05) is 22.6 Å². The summed E-state index contributed by atoms with van der Waals surface area (Å²) in [4.78, 5) is 29.2. The summed E-state index contributed by atoms with van der Waals surface area (Å²) in [7, 11) is 2.47. The third kappa shape index (κ3) is 10.4. The van der Waals surface area contributed by atoms with E-state index in [-0.39, 0.29) is 76.6 Å². The van der Waals surface area contributed by atoms with Gasteiger partial charge in [-0.3, -0.25) is 0 Å². The number of nitrogens with two attached hydrogens (primary N) is 1. The zero-order chi connectivity index (χ0) is 18.2. The summed E-state index contributed by atoms with van der Waals surface area (Å²) in [6, 6.07) is 8.99. The fourth-order valence-electron chi connectivity index (χ4n) is 1.67. The van der Waals surface area contributed by atoms with Crippen molar-refractivity contribution < 1.29 is 78.9 Å². The van der Waals surface area contributed by atoms with E-state index in [1.165, 1.54) is 26.2 Å². The van der Waals surface area contributed by atoms with Crippen LogP contribution in [-0.2, 0) is 9.59 Å². The van der Waals surface area contributed by atoms with Gasteiger partial charge in [-0.25, -0.2) is 0 Å². The number of benzene rings is 1. The van der Waals surface area contributed by atoms with E-state index in [9.17, 15) is 19.8 Å². The molecule has 0 saturated heterocycles.